The standard InChI is InChI=1S/C10H16N2O2/c1-14-10(13)11-5-7-4-8-2-3-12(8)9(7)6-11/h7-9H,2-6H2,1H3/t7-,8-,9-/m0/s1. The molecule has 0 spiro atoms. The van der Waals surface area contributed by atoms with E-state index in [2.05, 4.69) is 4.90 Å². The first-order valence-corrected chi connectivity index (χ1v) is 5.38. The predicted octanol–water partition coefficient (Wildman–Crippen LogP) is 0.531. The van der Waals surface area contributed by atoms with E-state index in [1.165, 1.54) is 26.5 Å². The van der Waals surface area contributed by atoms with Gasteiger partial charge in [0.1, 0.15) is 0 Å². The minimum atomic E-state index is -0.156. The van der Waals surface area contributed by atoms with E-state index >= 15 is 0 Å². The van der Waals surface area contributed by atoms with Crippen molar-refractivity contribution in [2.45, 2.75) is 24.9 Å². The van der Waals surface area contributed by atoms with Crippen molar-refractivity contribution >= 4 is 6.09 Å². The highest BCUT2D eigenvalue weighted by Gasteiger charge is 2.50. The lowest BCUT2D eigenvalue weighted by atomic mass is 10.0. The van der Waals surface area contributed by atoms with Gasteiger partial charge in [-0.25, -0.2) is 4.79 Å². The molecule has 3 aliphatic rings. The van der Waals surface area contributed by atoms with Gasteiger partial charge in [0.05, 0.1) is 7.11 Å². The molecule has 3 rings (SSSR count). The number of rotatable bonds is 0. The summed E-state index contributed by atoms with van der Waals surface area (Å²) in [4.78, 5) is 15.8. The van der Waals surface area contributed by atoms with Crippen LogP contribution in [0, 0.1) is 5.92 Å². The van der Waals surface area contributed by atoms with Crippen molar-refractivity contribution in [1.29, 1.82) is 0 Å². The molecule has 0 aliphatic carbocycles. The summed E-state index contributed by atoms with van der Waals surface area (Å²) in [5.74, 6) is 0.710. The lowest BCUT2D eigenvalue weighted by molar-refractivity contribution is 0.0812. The van der Waals surface area contributed by atoms with Crippen molar-refractivity contribution in [3.63, 3.8) is 0 Å². The van der Waals surface area contributed by atoms with Crippen LogP contribution in [0.25, 0.3) is 0 Å². The van der Waals surface area contributed by atoms with E-state index in [9.17, 15) is 4.79 Å². The summed E-state index contributed by atoms with van der Waals surface area (Å²) in [5.41, 5.74) is 0. The second kappa shape index (κ2) is 2.86. The Kier molecular flexibility index (Phi) is 1.74. The van der Waals surface area contributed by atoms with E-state index in [4.69, 9.17) is 4.74 Å². The van der Waals surface area contributed by atoms with Crippen LogP contribution < -0.4 is 0 Å². The summed E-state index contributed by atoms with van der Waals surface area (Å²) in [6.45, 7) is 3.03. The van der Waals surface area contributed by atoms with Gasteiger partial charge in [-0.05, 0) is 18.8 Å². The molecule has 78 valence electrons. The number of fused-ring (bicyclic) bond motifs is 3. The first-order valence-electron chi connectivity index (χ1n) is 5.38. The van der Waals surface area contributed by atoms with Crippen LogP contribution in [0.4, 0.5) is 4.79 Å². The van der Waals surface area contributed by atoms with Gasteiger partial charge in [0.25, 0.3) is 0 Å². The summed E-state index contributed by atoms with van der Waals surface area (Å²) in [7, 11) is 1.46. The largest absolute Gasteiger partial charge is 0.453 e. The van der Waals surface area contributed by atoms with Gasteiger partial charge in [0.2, 0.25) is 0 Å². The summed E-state index contributed by atoms with van der Waals surface area (Å²) in [5, 5.41) is 0. The van der Waals surface area contributed by atoms with E-state index in [0.29, 0.717) is 12.0 Å². The Bertz CT molecular complexity index is 269. The maximum absolute atomic E-state index is 11.3. The molecule has 0 N–H and O–H groups in total. The molecule has 0 radical (unpaired) electrons. The smallest absolute Gasteiger partial charge is 0.409 e. The van der Waals surface area contributed by atoms with E-state index in [-0.39, 0.29) is 6.09 Å². The van der Waals surface area contributed by atoms with E-state index < -0.39 is 0 Å². The minimum Gasteiger partial charge on any atom is -0.453 e. The first kappa shape index (κ1) is 8.53. The summed E-state index contributed by atoms with van der Waals surface area (Å²) >= 11 is 0. The summed E-state index contributed by atoms with van der Waals surface area (Å²) in [6.07, 6.45) is 2.50. The lowest BCUT2D eigenvalue weighted by Crippen LogP contribution is -2.49. The number of hydrogen-bond donors (Lipinski definition) is 0. The Labute approximate surface area is 83.8 Å². The van der Waals surface area contributed by atoms with Crippen LogP contribution in [0.2, 0.25) is 0 Å². The average molecular weight is 196 g/mol. The number of hydrogen-bond acceptors (Lipinski definition) is 3. The van der Waals surface area contributed by atoms with Gasteiger partial charge in [-0.15, -0.1) is 0 Å². The molecule has 4 nitrogen and oxygen atoms in total. The predicted molar refractivity (Wildman–Crippen MR) is 51.0 cm³/mol. The molecule has 0 aromatic rings. The molecular formula is C10H16N2O2. The maximum Gasteiger partial charge on any atom is 0.409 e. The highest BCUT2D eigenvalue weighted by molar-refractivity contribution is 5.68. The number of methoxy groups -OCH3 is 1. The molecular weight excluding hydrogens is 180 g/mol. The third-order valence-corrected chi connectivity index (χ3v) is 4.03. The molecule has 0 aromatic carbocycles. The Morgan fingerprint density at radius 1 is 1.43 bits per heavy atom. The van der Waals surface area contributed by atoms with E-state index in [0.717, 1.165) is 19.1 Å². The normalized spacial score (nSPS) is 40.4. The van der Waals surface area contributed by atoms with Gasteiger partial charge in [0, 0.05) is 31.7 Å². The molecule has 1 amide bonds. The Balaban J connectivity index is 1.69. The summed E-state index contributed by atoms with van der Waals surface area (Å²) in [6, 6.07) is 1.47. The fourth-order valence-electron chi connectivity index (χ4n) is 3.24. The van der Waals surface area contributed by atoms with Crippen LogP contribution in [-0.2, 0) is 4.74 Å². The molecule has 0 saturated carbocycles. The first-order chi connectivity index (χ1) is 6.79. The van der Waals surface area contributed by atoms with Gasteiger partial charge in [-0.2, -0.15) is 0 Å². The molecule has 3 atom stereocenters. The number of amides is 1. The molecule has 3 aliphatic heterocycles. The monoisotopic (exact) mass is 196 g/mol. The average Bonchev–Trinajstić information content (AvgIpc) is 2.63. The van der Waals surface area contributed by atoms with Gasteiger partial charge < -0.3 is 9.64 Å². The van der Waals surface area contributed by atoms with E-state index in [1.807, 2.05) is 4.90 Å². The maximum atomic E-state index is 11.3. The Hall–Kier alpha value is -0.770. The highest BCUT2D eigenvalue weighted by Crippen LogP contribution is 2.41. The Morgan fingerprint density at radius 2 is 2.29 bits per heavy atom. The van der Waals surface area contributed by atoms with Crippen molar-refractivity contribution in [1.82, 2.24) is 9.80 Å². The second-order valence-corrected chi connectivity index (χ2v) is 4.62. The molecule has 3 heterocycles. The second-order valence-electron chi connectivity index (χ2n) is 4.62. The van der Waals surface area contributed by atoms with Gasteiger partial charge in [-0.1, -0.05) is 0 Å². The van der Waals surface area contributed by atoms with Gasteiger partial charge in [0.15, 0.2) is 0 Å². The number of ether oxygens (including phenoxy) is 1. The van der Waals surface area contributed by atoms with Crippen LogP contribution in [0.3, 0.4) is 0 Å². The SMILES string of the molecule is COC(=O)N1C[C@@H]2C[C@@H]3CCN3[C@H]2C1. The van der Waals surface area contributed by atoms with Crippen molar-refractivity contribution < 1.29 is 9.53 Å². The van der Waals surface area contributed by atoms with Crippen molar-refractivity contribution in [3.8, 4) is 0 Å². The zero-order chi connectivity index (χ0) is 9.71. The third kappa shape index (κ3) is 1.00. The van der Waals surface area contributed by atoms with Crippen LogP contribution in [0.15, 0.2) is 0 Å². The third-order valence-electron chi connectivity index (χ3n) is 4.03. The molecule has 4 heteroatoms. The molecule has 14 heavy (non-hydrogen) atoms. The van der Waals surface area contributed by atoms with Crippen LogP contribution in [0.1, 0.15) is 12.8 Å². The number of carbonyl (C=O) groups is 1. The topological polar surface area (TPSA) is 32.8 Å². The van der Waals surface area contributed by atoms with Gasteiger partial charge in [-0.3, -0.25) is 4.90 Å². The van der Waals surface area contributed by atoms with E-state index in [1.54, 1.807) is 0 Å². The van der Waals surface area contributed by atoms with Crippen molar-refractivity contribution in [2.24, 2.45) is 5.92 Å². The number of nitrogens with zero attached hydrogens (tertiary/aromatic N) is 2. The van der Waals surface area contributed by atoms with Crippen LogP contribution in [0.5, 0.6) is 0 Å². The molecule has 0 bridgehead atoms. The van der Waals surface area contributed by atoms with Crippen molar-refractivity contribution in [3.05, 3.63) is 0 Å². The quantitative estimate of drug-likeness (QED) is 0.566. The zero-order valence-corrected chi connectivity index (χ0v) is 8.48. The fraction of sp³-hybridized carbons (Fsp3) is 0.900. The number of carbonyl (C=O) groups excluding carboxylic acids is 1. The minimum absolute atomic E-state index is 0.156. The van der Waals surface area contributed by atoms with Gasteiger partial charge >= 0.3 is 6.09 Å². The van der Waals surface area contributed by atoms with Crippen molar-refractivity contribution in [2.75, 3.05) is 26.7 Å². The summed E-state index contributed by atoms with van der Waals surface area (Å²) < 4.78 is 4.75. The number of likely N-dealkylation sites (tertiary alicyclic amines) is 1. The fourth-order valence-corrected chi connectivity index (χ4v) is 3.24. The highest BCUT2D eigenvalue weighted by atomic mass is 16.5. The Morgan fingerprint density at radius 3 is 2.93 bits per heavy atom. The van der Waals surface area contributed by atoms with Crippen LogP contribution >= 0.6 is 0 Å². The van der Waals surface area contributed by atoms with Crippen LogP contribution in [-0.4, -0.2) is 54.7 Å². The lowest BCUT2D eigenvalue weighted by Gasteiger charge is -2.39. The zero-order valence-electron chi connectivity index (χ0n) is 8.48. The molecule has 3 fully saturated rings. The molecule has 3 saturated heterocycles. The molecule has 0 aromatic heterocycles. The molecule has 0 unspecified atom stereocenters.